The summed E-state index contributed by atoms with van der Waals surface area (Å²) in [7, 11) is 3.87. The highest BCUT2D eigenvalue weighted by Crippen LogP contribution is 2.12. The van der Waals surface area contributed by atoms with Crippen molar-refractivity contribution in [2.24, 2.45) is 0 Å². The van der Waals surface area contributed by atoms with Crippen LogP contribution in [0.5, 0.6) is 0 Å². The molecule has 1 amide bonds. The Morgan fingerprint density at radius 2 is 1.86 bits per heavy atom. The Hall–Kier alpha value is -2.63. The van der Waals surface area contributed by atoms with E-state index in [1.54, 1.807) is 12.1 Å². The monoisotopic (exact) mass is 299 g/mol. The van der Waals surface area contributed by atoms with Crippen LogP contribution < -0.4 is 15.5 Å². The van der Waals surface area contributed by atoms with Gasteiger partial charge in [-0.25, -0.2) is 9.97 Å². The van der Waals surface area contributed by atoms with Gasteiger partial charge in [0.2, 0.25) is 0 Å². The third-order valence-electron chi connectivity index (χ3n) is 3.04. The lowest BCUT2D eigenvalue weighted by Crippen LogP contribution is -2.28. The maximum atomic E-state index is 11.9. The van der Waals surface area contributed by atoms with E-state index in [2.05, 4.69) is 20.6 Å². The van der Waals surface area contributed by atoms with Crippen molar-refractivity contribution >= 4 is 17.5 Å². The molecule has 2 rings (SSSR count). The van der Waals surface area contributed by atoms with Gasteiger partial charge in [0.15, 0.2) is 0 Å². The van der Waals surface area contributed by atoms with E-state index >= 15 is 0 Å². The van der Waals surface area contributed by atoms with Gasteiger partial charge in [0.25, 0.3) is 5.91 Å². The van der Waals surface area contributed by atoms with Crippen LogP contribution in [0, 0.1) is 6.92 Å². The number of anilines is 2. The number of aryl methyl sites for hydroxylation is 1. The van der Waals surface area contributed by atoms with Crippen molar-refractivity contribution in [2.45, 2.75) is 6.92 Å². The molecule has 1 aromatic carbocycles. The molecule has 6 nitrogen and oxygen atoms in total. The minimum absolute atomic E-state index is 0.0738. The van der Waals surface area contributed by atoms with Crippen molar-refractivity contribution in [1.29, 1.82) is 0 Å². The molecule has 0 bridgehead atoms. The van der Waals surface area contributed by atoms with Gasteiger partial charge in [0, 0.05) is 38.8 Å². The lowest BCUT2D eigenvalue weighted by molar-refractivity contribution is 0.0955. The molecular formula is C16H21N5O. The third kappa shape index (κ3) is 4.44. The number of nitrogens with one attached hydrogen (secondary N) is 2. The van der Waals surface area contributed by atoms with E-state index in [-0.39, 0.29) is 5.91 Å². The van der Waals surface area contributed by atoms with Crippen molar-refractivity contribution in [3.8, 4) is 0 Å². The molecular weight excluding hydrogens is 278 g/mol. The summed E-state index contributed by atoms with van der Waals surface area (Å²) in [6.45, 7) is 2.98. The average Bonchev–Trinajstić information content (AvgIpc) is 2.51. The summed E-state index contributed by atoms with van der Waals surface area (Å²) in [4.78, 5) is 22.5. The van der Waals surface area contributed by atoms with Crippen LogP contribution in [-0.4, -0.2) is 43.1 Å². The van der Waals surface area contributed by atoms with Gasteiger partial charge in [-0.2, -0.15) is 0 Å². The average molecular weight is 299 g/mol. The molecule has 6 heteroatoms. The summed E-state index contributed by atoms with van der Waals surface area (Å²) < 4.78 is 0. The van der Waals surface area contributed by atoms with Crippen LogP contribution in [0.25, 0.3) is 0 Å². The zero-order valence-electron chi connectivity index (χ0n) is 13.1. The van der Waals surface area contributed by atoms with Gasteiger partial charge in [-0.05, 0) is 19.1 Å². The van der Waals surface area contributed by atoms with Crippen LogP contribution in [0.15, 0.2) is 36.4 Å². The Bertz CT molecular complexity index is 628. The van der Waals surface area contributed by atoms with Gasteiger partial charge in [-0.3, -0.25) is 4.79 Å². The number of benzene rings is 1. The fourth-order valence-electron chi connectivity index (χ4n) is 1.93. The van der Waals surface area contributed by atoms with E-state index in [0.717, 1.165) is 11.6 Å². The van der Waals surface area contributed by atoms with E-state index in [0.29, 0.717) is 24.5 Å². The molecule has 2 N–H and O–H groups in total. The molecule has 0 fully saturated rings. The molecule has 0 saturated carbocycles. The van der Waals surface area contributed by atoms with Crippen LogP contribution in [-0.2, 0) is 0 Å². The van der Waals surface area contributed by atoms with Crippen LogP contribution in [0.4, 0.5) is 11.6 Å². The Kier molecular flexibility index (Phi) is 5.30. The van der Waals surface area contributed by atoms with Gasteiger partial charge >= 0.3 is 0 Å². The van der Waals surface area contributed by atoms with Crippen molar-refractivity contribution in [3.63, 3.8) is 0 Å². The van der Waals surface area contributed by atoms with Gasteiger partial charge in [-0.1, -0.05) is 18.2 Å². The maximum Gasteiger partial charge on any atom is 0.251 e. The van der Waals surface area contributed by atoms with Crippen LogP contribution in [0.3, 0.4) is 0 Å². The second kappa shape index (κ2) is 7.40. The fraction of sp³-hybridized carbons (Fsp3) is 0.312. The fourth-order valence-corrected chi connectivity index (χ4v) is 1.93. The number of carbonyl (C=O) groups is 1. The van der Waals surface area contributed by atoms with Gasteiger partial charge in [0.1, 0.15) is 17.5 Å². The first kappa shape index (κ1) is 15.8. The summed E-state index contributed by atoms with van der Waals surface area (Å²) in [6.07, 6.45) is 0. The summed E-state index contributed by atoms with van der Waals surface area (Å²) in [6, 6.07) is 11.0. The van der Waals surface area contributed by atoms with E-state index in [1.165, 1.54) is 0 Å². The molecule has 1 heterocycles. The summed E-state index contributed by atoms with van der Waals surface area (Å²) in [5.74, 6) is 2.24. The van der Waals surface area contributed by atoms with Crippen LogP contribution in [0.1, 0.15) is 16.2 Å². The van der Waals surface area contributed by atoms with Crippen molar-refractivity contribution in [1.82, 2.24) is 15.3 Å². The summed E-state index contributed by atoms with van der Waals surface area (Å²) in [5.41, 5.74) is 0.662. The molecule has 0 radical (unpaired) electrons. The van der Waals surface area contributed by atoms with Crippen molar-refractivity contribution in [3.05, 3.63) is 47.8 Å². The van der Waals surface area contributed by atoms with Crippen LogP contribution >= 0.6 is 0 Å². The van der Waals surface area contributed by atoms with Crippen LogP contribution in [0.2, 0.25) is 0 Å². The summed E-state index contributed by atoms with van der Waals surface area (Å²) >= 11 is 0. The Morgan fingerprint density at radius 3 is 2.55 bits per heavy atom. The smallest absolute Gasteiger partial charge is 0.251 e. The molecule has 1 aromatic heterocycles. The second-order valence-electron chi connectivity index (χ2n) is 5.10. The van der Waals surface area contributed by atoms with Crippen molar-refractivity contribution < 1.29 is 4.79 Å². The van der Waals surface area contributed by atoms with E-state index in [4.69, 9.17) is 0 Å². The molecule has 2 aromatic rings. The molecule has 0 aliphatic carbocycles. The first-order valence-corrected chi connectivity index (χ1v) is 7.16. The second-order valence-corrected chi connectivity index (χ2v) is 5.10. The molecule has 0 spiro atoms. The Morgan fingerprint density at radius 1 is 1.14 bits per heavy atom. The SMILES string of the molecule is Cc1nc(NCCNC(=O)c2ccccc2)cc(N(C)C)n1. The van der Waals surface area contributed by atoms with Gasteiger partial charge < -0.3 is 15.5 Å². The highest BCUT2D eigenvalue weighted by atomic mass is 16.1. The lowest BCUT2D eigenvalue weighted by Gasteiger charge is -2.14. The van der Waals surface area contributed by atoms with Crippen molar-refractivity contribution in [2.75, 3.05) is 37.4 Å². The molecule has 0 aliphatic rings. The Labute approximate surface area is 130 Å². The number of amides is 1. The molecule has 116 valence electrons. The van der Waals surface area contributed by atoms with Gasteiger partial charge in [-0.15, -0.1) is 0 Å². The quantitative estimate of drug-likeness (QED) is 0.794. The number of hydrogen-bond donors (Lipinski definition) is 2. The number of nitrogens with zero attached hydrogens (tertiary/aromatic N) is 3. The molecule has 0 atom stereocenters. The molecule has 0 saturated heterocycles. The predicted molar refractivity (Wildman–Crippen MR) is 88.4 cm³/mol. The van der Waals surface area contributed by atoms with Gasteiger partial charge in [0.05, 0.1) is 0 Å². The van der Waals surface area contributed by atoms with E-state index in [9.17, 15) is 4.79 Å². The highest BCUT2D eigenvalue weighted by Gasteiger charge is 2.05. The third-order valence-corrected chi connectivity index (χ3v) is 3.04. The first-order chi connectivity index (χ1) is 10.6. The molecule has 0 aliphatic heterocycles. The summed E-state index contributed by atoms with van der Waals surface area (Å²) in [5, 5.41) is 6.06. The minimum atomic E-state index is -0.0738. The Balaban J connectivity index is 1.83. The molecule has 22 heavy (non-hydrogen) atoms. The zero-order chi connectivity index (χ0) is 15.9. The highest BCUT2D eigenvalue weighted by molar-refractivity contribution is 5.94. The predicted octanol–water partition coefficient (Wildman–Crippen LogP) is 1.69. The maximum absolute atomic E-state index is 11.9. The standard InChI is InChI=1S/C16H21N5O/c1-12-19-14(11-15(20-12)21(2)3)17-9-10-18-16(22)13-7-5-4-6-8-13/h4-8,11H,9-10H2,1-3H3,(H,18,22)(H,17,19,20). The first-order valence-electron chi connectivity index (χ1n) is 7.16. The largest absolute Gasteiger partial charge is 0.368 e. The lowest BCUT2D eigenvalue weighted by atomic mass is 10.2. The topological polar surface area (TPSA) is 70.2 Å². The number of aromatic nitrogens is 2. The number of carbonyl (C=O) groups excluding carboxylic acids is 1. The minimum Gasteiger partial charge on any atom is -0.368 e. The number of hydrogen-bond acceptors (Lipinski definition) is 5. The van der Waals surface area contributed by atoms with E-state index < -0.39 is 0 Å². The molecule has 0 unspecified atom stereocenters. The zero-order valence-corrected chi connectivity index (χ0v) is 13.1. The van der Waals surface area contributed by atoms with E-state index in [1.807, 2.05) is 50.2 Å². The normalized spacial score (nSPS) is 10.1. The number of rotatable bonds is 6.